The third kappa shape index (κ3) is 3.48. The third-order valence-corrected chi connectivity index (χ3v) is 4.44. The molecule has 0 saturated carbocycles. The lowest BCUT2D eigenvalue weighted by molar-refractivity contribution is 0.103. The number of ketones is 1. The summed E-state index contributed by atoms with van der Waals surface area (Å²) in [6, 6.07) is 21.1. The average molecular weight is 370 g/mol. The fraction of sp³-hybridized carbons (Fsp3) is 0.0455. The summed E-state index contributed by atoms with van der Waals surface area (Å²) in [6.07, 6.45) is 1.71. The molecule has 0 atom stereocenters. The van der Waals surface area contributed by atoms with Gasteiger partial charge in [-0.1, -0.05) is 30.3 Å². The Morgan fingerprint density at radius 1 is 0.893 bits per heavy atom. The minimum absolute atomic E-state index is 0.178. The van der Waals surface area contributed by atoms with Crippen molar-refractivity contribution in [2.75, 3.05) is 10.6 Å². The molecule has 0 spiro atoms. The first-order chi connectivity index (χ1) is 13.6. The van der Waals surface area contributed by atoms with Gasteiger partial charge >= 0.3 is 6.03 Å². The van der Waals surface area contributed by atoms with Crippen molar-refractivity contribution >= 4 is 34.2 Å². The molecule has 0 unspecified atom stereocenters. The Kier molecular flexibility index (Phi) is 4.60. The van der Waals surface area contributed by atoms with Crippen LogP contribution in [0, 0.1) is 0 Å². The van der Waals surface area contributed by atoms with Crippen LogP contribution in [0.4, 0.5) is 16.2 Å². The van der Waals surface area contributed by atoms with Crippen LogP contribution in [0.2, 0.25) is 0 Å². The minimum Gasteiger partial charge on any atom is -0.334 e. The number of fused-ring (bicyclic) bond motifs is 1. The van der Waals surface area contributed by atoms with Crippen molar-refractivity contribution in [1.82, 2.24) is 9.55 Å². The zero-order valence-corrected chi connectivity index (χ0v) is 15.2. The van der Waals surface area contributed by atoms with Crippen molar-refractivity contribution in [1.29, 1.82) is 0 Å². The van der Waals surface area contributed by atoms with Crippen LogP contribution in [0.25, 0.3) is 11.0 Å². The summed E-state index contributed by atoms with van der Waals surface area (Å²) in [7, 11) is 1.90. The Bertz CT molecular complexity index is 1170. The Hall–Kier alpha value is -3.93. The van der Waals surface area contributed by atoms with Crippen LogP contribution >= 0.6 is 0 Å². The number of nitrogens with zero attached hydrogens (tertiary/aromatic N) is 2. The summed E-state index contributed by atoms with van der Waals surface area (Å²) in [4.78, 5) is 29.7. The minimum atomic E-state index is -0.411. The van der Waals surface area contributed by atoms with Gasteiger partial charge in [0, 0.05) is 23.9 Å². The summed E-state index contributed by atoms with van der Waals surface area (Å²) in [5.41, 5.74) is 3.75. The molecule has 138 valence electrons. The lowest BCUT2D eigenvalue weighted by atomic mass is 10.0. The molecule has 1 heterocycles. The number of urea groups is 1. The number of imidazole rings is 1. The fourth-order valence-corrected chi connectivity index (χ4v) is 3.03. The quantitative estimate of drug-likeness (QED) is 0.521. The second kappa shape index (κ2) is 7.36. The van der Waals surface area contributed by atoms with Crippen LogP contribution in [0.15, 0.2) is 79.1 Å². The number of anilines is 2. The molecule has 0 aliphatic heterocycles. The van der Waals surface area contributed by atoms with Gasteiger partial charge in [0.05, 0.1) is 23.0 Å². The first-order valence-corrected chi connectivity index (χ1v) is 8.80. The maximum atomic E-state index is 13.1. The highest BCUT2D eigenvalue weighted by molar-refractivity contribution is 6.15. The highest BCUT2D eigenvalue weighted by Gasteiger charge is 2.16. The summed E-state index contributed by atoms with van der Waals surface area (Å²) < 4.78 is 1.90. The molecule has 1 aromatic heterocycles. The molecule has 0 aliphatic carbocycles. The van der Waals surface area contributed by atoms with Gasteiger partial charge < -0.3 is 15.2 Å². The number of carbonyl (C=O) groups is 2. The summed E-state index contributed by atoms with van der Waals surface area (Å²) in [6.45, 7) is 0. The molecule has 2 N–H and O–H groups in total. The van der Waals surface area contributed by atoms with Crippen molar-refractivity contribution < 1.29 is 9.59 Å². The van der Waals surface area contributed by atoms with Crippen molar-refractivity contribution in [3.63, 3.8) is 0 Å². The maximum Gasteiger partial charge on any atom is 0.323 e. The molecule has 4 rings (SSSR count). The first-order valence-electron chi connectivity index (χ1n) is 8.80. The van der Waals surface area contributed by atoms with E-state index < -0.39 is 6.03 Å². The maximum absolute atomic E-state index is 13.1. The molecule has 0 fully saturated rings. The standard InChI is InChI=1S/C22H18N4O2/c1-26-14-23-19-13-15(11-12-20(19)26)21(27)17-9-5-6-10-18(17)25-22(28)24-16-7-3-2-4-8-16/h2-14H,1H3,(H2,24,25,28). The van der Waals surface area contributed by atoms with Gasteiger partial charge in [-0.05, 0) is 42.5 Å². The van der Waals surface area contributed by atoms with Crippen LogP contribution in [0.3, 0.4) is 0 Å². The summed E-state index contributed by atoms with van der Waals surface area (Å²) in [5.74, 6) is -0.178. The van der Waals surface area contributed by atoms with Crippen LogP contribution in [-0.4, -0.2) is 21.4 Å². The smallest absolute Gasteiger partial charge is 0.323 e. The number of rotatable bonds is 4. The Labute approximate surface area is 161 Å². The molecular formula is C22H18N4O2. The summed E-state index contributed by atoms with van der Waals surface area (Å²) >= 11 is 0. The SMILES string of the molecule is Cn1cnc2cc(C(=O)c3ccccc3NC(=O)Nc3ccccc3)ccc21. The molecule has 2 amide bonds. The van der Waals surface area contributed by atoms with E-state index in [1.54, 1.807) is 54.9 Å². The van der Waals surface area contributed by atoms with Crippen LogP contribution in [-0.2, 0) is 7.05 Å². The second-order valence-corrected chi connectivity index (χ2v) is 6.38. The predicted octanol–water partition coefficient (Wildman–Crippen LogP) is 4.45. The topological polar surface area (TPSA) is 76.0 Å². The normalized spacial score (nSPS) is 10.6. The molecular weight excluding hydrogens is 352 g/mol. The van der Waals surface area contributed by atoms with E-state index in [4.69, 9.17) is 0 Å². The van der Waals surface area contributed by atoms with Gasteiger partial charge in [0.2, 0.25) is 0 Å². The second-order valence-electron chi connectivity index (χ2n) is 6.38. The molecule has 28 heavy (non-hydrogen) atoms. The fourth-order valence-electron chi connectivity index (χ4n) is 3.03. The van der Waals surface area contributed by atoms with E-state index in [2.05, 4.69) is 15.6 Å². The van der Waals surface area contributed by atoms with Gasteiger partial charge in [0.15, 0.2) is 5.78 Å². The highest BCUT2D eigenvalue weighted by Crippen LogP contribution is 2.22. The van der Waals surface area contributed by atoms with E-state index >= 15 is 0 Å². The number of aromatic nitrogens is 2. The van der Waals surface area contributed by atoms with Gasteiger partial charge in [-0.15, -0.1) is 0 Å². The number of carbonyl (C=O) groups excluding carboxylic acids is 2. The number of benzene rings is 3. The molecule has 3 aromatic carbocycles. The zero-order valence-electron chi connectivity index (χ0n) is 15.2. The van der Waals surface area contributed by atoms with Crippen molar-refractivity contribution in [3.8, 4) is 0 Å². The Balaban J connectivity index is 1.59. The average Bonchev–Trinajstić information content (AvgIpc) is 3.09. The third-order valence-electron chi connectivity index (χ3n) is 4.44. The lowest BCUT2D eigenvalue weighted by Gasteiger charge is -2.11. The molecule has 6 nitrogen and oxygen atoms in total. The monoisotopic (exact) mass is 370 g/mol. The largest absolute Gasteiger partial charge is 0.334 e. The van der Waals surface area contributed by atoms with E-state index in [9.17, 15) is 9.59 Å². The summed E-state index contributed by atoms with van der Waals surface area (Å²) in [5, 5.41) is 5.51. The van der Waals surface area contributed by atoms with Gasteiger partial charge in [-0.3, -0.25) is 4.79 Å². The number of para-hydroxylation sites is 2. The van der Waals surface area contributed by atoms with Crippen LogP contribution in [0.1, 0.15) is 15.9 Å². The van der Waals surface area contributed by atoms with Crippen molar-refractivity contribution in [2.45, 2.75) is 0 Å². The highest BCUT2D eigenvalue weighted by atomic mass is 16.2. The number of hydrogen-bond donors (Lipinski definition) is 2. The predicted molar refractivity (Wildman–Crippen MR) is 110 cm³/mol. The molecule has 0 bridgehead atoms. The van der Waals surface area contributed by atoms with E-state index in [0.717, 1.165) is 11.0 Å². The van der Waals surface area contributed by atoms with E-state index in [0.29, 0.717) is 22.5 Å². The molecule has 6 heteroatoms. The number of aryl methyl sites for hydroxylation is 1. The number of amides is 2. The molecule has 0 radical (unpaired) electrons. The van der Waals surface area contributed by atoms with Crippen LogP contribution < -0.4 is 10.6 Å². The van der Waals surface area contributed by atoms with Crippen LogP contribution in [0.5, 0.6) is 0 Å². The molecule has 4 aromatic rings. The molecule has 0 saturated heterocycles. The van der Waals surface area contributed by atoms with E-state index in [1.165, 1.54) is 0 Å². The van der Waals surface area contributed by atoms with Gasteiger partial charge in [-0.2, -0.15) is 0 Å². The Morgan fingerprint density at radius 3 is 2.46 bits per heavy atom. The Morgan fingerprint density at radius 2 is 1.64 bits per heavy atom. The lowest BCUT2D eigenvalue weighted by Crippen LogP contribution is -2.21. The van der Waals surface area contributed by atoms with E-state index in [1.807, 2.05) is 35.9 Å². The molecule has 0 aliphatic rings. The van der Waals surface area contributed by atoms with E-state index in [-0.39, 0.29) is 5.78 Å². The van der Waals surface area contributed by atoms with Crippen molar-refractivity contribution in [3.05, 3.63) is 90.3 Å². The van der Waals surface area contributed by atoms with Gasteiger partial charge in [0.25, 0.3) is 0 Å². The van der Waals surface area contributed by atoms with Gasteiger partial charge in [0.1, 0.15) is 0 Å². The number of nitrogens with one attached hydrogen (secondary N) is 2. The van der Waals surface area contributed by atoms with Gasteiger partial charge in [-0.25, -0.2) is 9.78 Å². The number of hydrogen-bond acceptors (Lipinski definition) is 3. The first kappa shape index (κ1) is 17.5. The van der Waals surface area contributed by atoms with Crippen molar-refractivity contribution in [2.24, 2.45) is 7.05 Å². The zero-order chi connectivity index (χ0) is 19.5.